The standard InChI is InChI=1S/C32H42N2O4/c1-30(2,3)38-28(35)22-36-19-15-24-21-31(34(4)5,23-11-7-6-8-12-23)17-18-32(24)29-26(16-20-37-32)25-13-9-10-14-27(25)33-29/h6-14,24,33H,15-22H2,1-5H3. The van der Waals surface area contributed by atoms with Crippen LogP contribution in [-0.4, -0.2) is 55.4 Å². The van der Waals surface area contributed by atoms with Gasteiger partial charge in [0.25, 0.3) is 0 Å². The van der Waals surface area contributed by atoms with Crippen molar-refractivity contribution in [1.82, 2.24) is 9.88 Å². The van der Waals surface area contributed by atoms with Crippen molar-refractivity contribution in [2.24, 2.45) is 5.92 Å². The molecule has 0 bridgehead atoms. The highest BCUT2D eigenvalue weighted by atomic mass is 16.6. The number of hydrogen-bond donors (Lipinski definition) is 1. The van der Waals surface area contributed by atoms with Gasteiger partial charge < -0.3 is 19.2 Å². The number of carbonyl (C=O) groups excluding carboxylic acids is 1. The van der Waals surface area contributed by atoms with Crippen molar-refractivity contribution in [1.29, 1.82) is 0 Å². The largest absolute Gasteiger partial charge is 0.458 e. The van der Waals surface area contributed by atoms with Gasteiger partial charge in [-0.3, -0.25) is 4.90 Å². The summed E-state index contributed by atoms with van der Waals surface area (Å²) in [5.41, 5.74) is 4.12. The first-order chi connectivity index (χ1) is 18.1. The third-order valence-corrected chi connectivity index (χ3v) is 8.52. The Hall–Kier alpha value is -2.67. The fourth-order valence-electron chi connectivity index (χ4n) is 6.78. The molecule has 1 saturated carbocycles. The molecular weight excluding hydrogens is 476 g/mol. The topological polar surface area (TPSA) is 63.8 Å². The number of aromatic nitrogens is 1. The molecule has 2 heterocycles. The average Bonchev–Trinajstić information content (AvgIpc) is 3.27. The maximum atomic E-state index is 12.3. The Balaban J connectivity index is 1.46. The molecule has 1 fully saturated rings. The van der Waals surface area contributed by atoms with Crippen LogP contribution in [0.2, 0.25) is 0 Å². The second kappa shape index (κ2) is 10.5. The van der Waals surface area contributed by atoms with Gasteiger partial charge in [0.05, 0.1) is 12.3 Å². The van der Waals surface area contributed by atoms with E-state index in [-0.39, 0.29) is 24.0 Å². The molecule has 1 aliphatic heterocycles. The number of H-pyrrole nitrogens is 1. The minimum Gasteiger partial charge on any atom is -0.458 e. The number of esters is 1. The van der Waals surface area contributed by atoms with Gasteiger partial charge >= 0.3 is 5.97 Å². The molecule has 2 aliphatic rings. The molecule has 1 aliphatic carbocycles. The highest BCUT2D eigenvalue weighted by Gasteiger charge is 2.54. The summed E-state index contributed by atoms with van der Waals surface area (Å²) < 4.78 is 18.2. The van der Waals surface area contributed by atoms with Crippen LogP contribution < -0.4 is 0 Å². The van der Waals surface area contributed by atoms with E-state index in [1.165, 1.54) is 27.7 Å². The number of aromatic amines is 1. The second-order valence-corrected chi connectivity index (χ2v) is 12.1. The lowest BCUT2D eigenvalue weighted by Gasteiger charge is -2.55. The van der Waals surface area contributed by atoms with Crippen LogP contribution >= 0.6 is 0 Å². The van der Waals surface area contributed by atoms with E-state index in [1.54, 1.807) is 0 Å². The normalized spacial score (nSPS) is 25.6. The van der Waals surface area contributed by atoms with E-state index >= 15 is 0 Å². The maximum Gasteiger partial charge on any atom is 0.332 e. The van der Waals surface area contributed by atoms with Gasteiger partial charge in [-0.05, 0) is 90.1 Å². The minimum absolute atomic E-state index is 0.0347. The van der Waals surface area contributed by atoms with E-state index in [0.29, 0.717) is 13.2 Å². The highest BCUT2D eigenvalue weighted by molar-refractivity contribution is 5.85. The molecule has 3 atom stereocenters. The van der Waals surface area contributed by atoms with Gasteiger partial charge in [0, 0.05) is 23.0 Å². The number of rotatable bonds is 7. The Morgan fingerprint density at radius 3 is 2.55 bits per heavy atom. The third kappa shape index (κ3) is 5.02. The Kier molecular flexibility index (Phi) is 7.42. The summed E-state index contributed by atoms with van der Waals surface area (Å²) in [6.07, 6.45) is 4.56. The van der Waals surface area contributed by atoms with E-state index in [1.807, 2.05) is 20.8 Å². The summed E-state index contributed by atoms with van der Waals surface area (Å²) >= 11 is 0. The predicted molar refractivity (Wildman–Crippen MR) is 150 cm³/mol. The van der Waals surface area contributed by atoms with Gasteiger partial charge in [-0.25, -0.2) is 4.79 Å². The maximum absolute atomic E-state index is 12.3. The lowest BCUT2D eigenvalue weighted by atomic mass is 9.61. The van der Waals surface area contributed by atoms with Gasteiger partial charge in [-0.1, -0.05) is 48.5 Å². The minimum atomic E-state index is -0.517. The van der Waals surface area contributed by atoms with Crippen LogP contribution in [0, 0.1) is 5.92 Å². The van der Waals surface area contributed by atoms with Gasteiger partial charge in [0.2, 0.25) is 0 Å². The lowest BCUT2D eigenvalue weighted by molar-refractivity contribution is -0.165. The van der Waals surface area contributed by atoms with Crippen LogP contribution in [-0.2, 0) is 36.6 Å². The number of hydrogen-bond acceptors (Lipinski definition) is 5. The first kappa shape index (κ1) is 26.9. The van der Waals surface area contributed by atoms with Gasteiger partial charge in [-0.2, -0.15) is 0 Å². The van der Waals surface area contributed by atoms with E-state index in [9.17, 15) is 4.79 Å². The summed E-state index contributed by atoms with van der Waals surface area (Å²) in [5.74, 6) is -0.126. The number of para-hydroxylation sites is 1. The quantitative estimate of drug-likeness (QED) is 0.310. The van der Waals surface area contributed by atoms with Gasteiger partial charge in [-0.15, -0.1) is 0 Å². The van der Waals surface area contributed by atoms with Gasteiger partial charge in [0.1, 0.15) is 17.8 Å². The zero-order valence-electron chi connectivity index (χ0n) is 23.5. The molecule has 3 aromatic rings. The molecule has 6 heteroatoms. The number of nitrogens with zero attached hydrogens (tertiary/aromatic N) is 1. The van der Waals surface area contributed by atoms with Crippen molar-refractivity contribution < 1.29 is 19.0 Å². The Morgan fingerprint density at radius 1 is 1.08 bits per heavy atom. The van der Waals surface area contributed by atoms with Crippen molar-refractivity contribution in [3.63, 3.8) is 0 Å². The molecular formula is C32H42N2O4. The molecule has 3 unspecified atom stereocenters. The summed E-state index contributed by atoms with van der Waals surface area (Å²) in [5, 5.41) is 1.30. The summed E-state index contributed by atoms with van der Waals surface area (Å²) in [6.45, 7) is 6.78. The Labute approximate surface area is 226 Å². The van der Waals surface area contributed by atoms with Crippen LogP contribution in [0.1, 0.15) is 63.3 Å². The van der Waals surface area contributed by atoms with E-state index in [2.05, 4.69) is 78.6 Å². The van der Waals surface area contributed by atoms with E-state index in [0.717, 1.165) is 32.1 Å². The number of ether oxygens (including phenoxy) is 3. The molecule has 0 amide bonds. The summed E-state index contributed by atoms with van der Waals surface area (Å²) in [6, 6.07) is 19.5. The second-order valence-electron chi connectivity index (χ2n) is 12.1. The Bertz CT molecular complexity index is 1260. The molecule has 5 rings (SSSR count). The van der Waals surface area contributed by atoms with Crippen molar-refractivity contribution in [2.45, 2.75) is 69.6 Å². The van der Waals surface area contributed by atoms with Crippen molar-refractivity contribution in [2.75, 3.05) is 33.9 Å². The summed E-state index contributed by atoms with van der Waals surface area (Å²) in [7, 11) is 4.38. The van der Waals surface area contributed by atoms with Crippen LogP contribution in [0.3, 0.4) is 0 Å². The van der Waals surface area contributed by atoms with Crippen LogP contribution in [0.25, 0.3) is 10.9 Å². The van der Waals surface area contributed by atoms with E-state index < -0.39 is 11.2 Å². The smallest absolute Gasteiger partial charge is 0.332 e. The number of fused-ring (bicyclic) bond motifs is 4. The zero-order valence-corrected chi connectivity index (χ0v) is 23.5. The highest BCUT2D eigenvalue weighted by Crippen LogP contribution is 2.56. The van der Waals surface area contributed by atoms with E-state index in [4.69, 9.17) is 14.2 Å². The van der Waals surface area contributed by atoms with Crippen molar-refractivity contribution in [3.05, 3.63) is 71.4 Å². The fourth-order valence-corrected chi connectivity index (χ4v) is 6.78. The third-order valence-electron chi connectivity index (χ3n) is 8.52. The molecule has 6 nitrogen and oxygen atoms in total. The molecule has 2 aromatic carbocycles. The number of carbonyl (C=O) groups is 1. The molecule has 1 N–H and O–H groups in total. The molecule has 1 spiro atoms. The van der Waals surface area contributed by atoms with Crippen LogP contribution in [0.15, 0.2) is 54.6 Å². The average molecular weight is 519 g/mol. The molecule has 1 aromatic heterocycles. The number of nitrogens with one attached hydrogen (secondary N) is 1. The first-order valence-electron chi connectivity index (χ1n) is 13.9. The molecule has 0 saturated heterocycles. The lowest BCUT2D eigenvalue weighted by Crippen LogP contribution is -2.55. The fraction of sp³-hybridized carbons (Fsp3) is 0.531. The number of benzene rings is 2. The zero-order chi connectivity index (χ0) is 27.0. The monoisotopic (exact) mass is 518 g/mol. The van der Waals surface area contributed by atoms with Crippen molar-refractivity contribution >= 4 is 16.9 Å². The molecule has 38 heavy (non-hydrogen) atoms. The molecule has 204 valence electrons. The molecule has 0 radical (unpaired) electrons. The Morgan fingerprint density at radius 2 is 1.82 bits per heavy atom. The predicted octanol–water partition coefficient (Wildman–Crippen LogP) is 5.94. The first-order valence-corrected chi connectivity index (χ1v) is 13.9. The SMILES string of the molecule is CN(C)C1(c2ccccc2)CCC2(OCCc3c2[nH]c2ccccc32)C(CCOCC(=O)OC(C)(C)C)C1. The van der Waals surface area contributed by atoms with Crippen molar-refractivity contribution in [3.8, 4) is 0 Å². The van der Waals surface area contributed by atoms with Gasteiger partial charge in [0.15, 0.2) is 0 Å². The van der Waals surface area contributed by atoms with Crippen LogP contribution in [0.4, 0.5) is 0 Å². The van der Waals surface area contributed by atoms with Crippen LogP contribution in [0.5, 0.6) is 0 Å². The summed E-state index contributed by atoms with van der Waals surface area (Å²) in [4.78, 5) is 18.4.